The van der Waals surface area contributed by atoms with E-state index in [0.29, 0.717) is 0 Å². The zero-order chi connectivity index (χ0) is 8.65. The molecule has 0 atom stereocenters. The van der Waals surface area contributed by atoms with Gasteiger partial charge in [0.05, 0.1) is 0 Å². The Labute approximate surface area is 72.2 Å². The maximum Gasteiger partial charge on any atom is 0.367 e. The van der Waals surface area contributed by atoms with Crippen molar-refractivity contribution in [3.8, 4) is 0 Å². The molecule has 0 aliphatic carbocycles. The molecule has 0 amide bonds. The molecule has 0 fully saturated rings. The molecule has 0 aromatic heterocycles. The summed E-state index contributed by atoms with van der Waals surface area (Å²) in [6.45, 7) is 1.57. The summed E-state index contributed by atoms with van der Waals surface area (Å²) in [6.07, 6.45) is 0. The molecule has 11 heavy (non-hydrogen) atoms. The van der Waals surface area contributed by atoms with Crippen LogP contribution in [-0.4, -0.2) is 18.8 Å². The minimum Gasteiger partial charge on any atom is -0.426 e. The van der Waals surface area contributed by atoms with Gasteiger partial charge in [0.2, 0.25) is 0 Å². The Hall–Kier alpha value is -0.0500. The second-order valence-electron chi connectivity index (χ2n) is 2.61. The summed E-state index contributed by atoms with van der Waals surface area (Å²) >= 11 is 5.20. The quantitative estimate of drug-likeness (QED) is 0.594. The fraction of sp³-hybridized carbons (Fsp3) is 0.667. The fourth-order valence-corrected chi connectivity index (χ4v) is 2.64. The Morgan fingerprint density at radius 3 is 1.73 bits per heavy atom. The highest BCUT2D eigenvalue weighted by Crippen LogP contribution is 2.58. The Kier molecular flexibility index (Phi) is 2.28. The molecule has 0 radical (unpaired) electrons. The van der Waals surface area contributed by atoms with Crippen LogP contribution in [0.5, 0.6) is 0 Å². The smallest absolute Gasteiger partial charge is 0.367 e. The molecule has 0 N–H and O–H groups in total. The third kappa shape index (κ3) is 1.58. The normalized spacial score (nSPS) is 21.9. The minimum atomic E-state index is -2.16. The minimum absolute atomic E-state index is 0.807. The van der Waals surface area contributed by atoms with Crippen molar-refractivity contribution in [3.05, 3.63) is 11.5 Å². The zero-order valence-corrected chi connectivity index (χ0v) is 8.83. The first kappa shape index (κ1) is 9.04. The molecule has 1 aliphatic rings. The van der Waals surface area contributed by atoms with Crippen LogP contribution in [0.25, 0.3) is 0 Å². The van der Waals surface area contributed by atoms with Gasteiger partial charge in [-0.25, -0.2) is 4.67 Å². The van der Waals surface area contributed by atoms with E-state index in [1.54, 1.807) is 0 Å². The second-order valence-corrected chi connectivity index (χ2v) is 6.10. The van der Waals surface area contributed by atoms with Crippen molar-refractivity contribution < 1.29 is 9.05 Å². The largest absolute Gasteiger partial charge is 0.426 e. The molecule has 0 spiro atoms. The van der Waals surface area contributed by atoms with E-state index in [-0.39, 0.29) is 0 Å². The van der Waals surface area contributed by atoms with Gasteiger partial charge in [0.1, 0.15) is 11.5 Å². The molecule has 3 nitrogen and oxygen atoms in total. The monoisotopic (exact) mass is 193 g/mol. The standard InChI is InChI=1S/C6H12NO2PS/c1-5-6(2)9-10(11,8-5)7(3)4/h1-4H3. The maximum absolute atomic E-state index is 5.43. The van der Waals surface area contributed by atoms with Gasteiger partial charge in [-0.2, -0.15) is 0 Å². The van der Waals surface area contributed by atoms with Crippen LogP contribution >= 0.6 is 6.64 Å². The first-order chi connectivity index (χ1) is 4.96. The van der Waals surface area contributed by atoms with Crippen molar-refractivity contribution in [1.82, 2.24) is 4.67 Å². The van der Waals surface area contributed by atoms with Gasteiger partial charge in [0.25, 0.3) is 0 Å². The second kappa shape index (κ2) is 2.77. The summed E-state index contributed by atoms with van der Waals surface area (Å²) in [5.74, 6) is 1.61. The highest BCUT2D eigenvalue weighted by Gasteiger charge is 2.32. The number of allylic oxidation sites excluding steroid dienone is 2. The van der Waals surface area contributed by atoms with Gasteiger partial charge in [0, 0.05) is 11.8 Å². The van der Waals surface area contributed by atoms with Crippen LogP contribution in [0, 0.1) is 0 Å². The van der Waals surface area contributed by atoms with Gasteiger partial charge >= 0.3 is 6.64 Å². The molecule has 0 unspecified atom stereocenters. The van der Waals surface area contributed by atoms with Crippen molar-refractivity contribution in [2.75, 3.05) is 14.1 Å². The average molecular weight is 193 g/mol. The predicted octanol–water partition coefficient (Wildman–Crippen LogP) is 2.07. The van der Waals surface area contributed by atoms with Crippen LogP contribution < -0.4 is 0 Å². The summed E-state index contributed by atoms with van der Waals surface area (Å²) in [5.41, 5.74) is 0. The predicted molar refractivity (Wildman–Crippen MR) is 48.5 cm³/mol. The molecule has 5 heteroatoms. The Balaban J connectivity index is 2.81. The topological polar surface area (TPSA) is 21.7 Å². The van der Waals surface area contributed by atoms with Crippen molar-refractivity contribution in [2.24, 2.45) is 0 Å². The molecular formula is C6H12NO2PS. The van der Waals surface area contributed by atoms with Crippen LogP contribution in [-0.2, 0) is 20.9 Å². The van der Waals surface area contributed by atoms with E-state index in [0.717, 1.165) is 11.5 Å². The fourth-order valence-electron chi connectivity index (χ4n) is 0.657. The third-order valence-corrected chi connectivity index (χ3v) is 4.91. The van der Waals surface area contributed by atoms with Crippen molar-refractivity contribution in [3.63, 3.8) is 0 Å². The SMILES string of the molecule is CC1=C(C)OP(=S)(N(C)C)O1. The van der Waals surface area contributed by atoms with Gasteiger partial charge in [-0.3, -0.25) is 0 Å². The van der Waals surface area contributed by atoms with E-state index in [1.807, 2.05) is 32.6 Å². The lowest BCUT2D eigenvalue weighted by atomic mass is 10.5. The Morgan fingerprint density at radius 2 is 1.55 bits per heavy atom. The van der Waals surface area contributed by atoms with Crippen LogP contribution in [0.4, 0.5) is 0 Å². The first-order valence-corrected chi connectivity index (χ1v) is 5.89. The van der Waals surface area contributed by atoms with E-state index in [2.05, 4.69) is 0 Å². The number of hydrogen-bond acceptors (Lipinski definition) is 3. The lowest BCUT2D eigenvalue weighted by Gasteiger charge is -2.21. The average Bonchev–Trinajstić information content (AvgIpc) is 2.09. The maximum atomic E-state index is 5.43. The lowest BCUT2D eigenvalue weighted by molar-refractivity contribution is 0.378. The summed E-state index contributed by atoms with van der Waals surface area (Å²) in [4.78, 5) is 0. The third-order valence-electron chi connectivity index (χ3n) is 1.49. The van der Waals surface area contributed by atoms with Crippen LogP contribution in [0.3, 0.4) is 0 Å². The summed E-state index contributed by atoms with van der Waals surface area (Å²) in [6, 6.07) is 0. The van der Waals surface area contributed by atoms with Gasteiger partial charge in [-0.1, -0.05) is 0 Å². The molecule has 0 aromatic carbocycles. The molecule has 0 bridgehead atoms. The number of nitrogens with zero attached hydrogens (tertiary/aromatic N) is 1. The first-order valence-electron chi connectivity index (χ1n) is 3.30. The van der Waals surface area contributed by atoms with Crippen LogP contribution in [0.2, 0.25) is 0 Å². The molecule has 0 aromatic rings. The van der Waals surface area contributed by atoms with E-state index in [9.17, 15) is 0 Å². The molecular weight excluding hydrogens is 181 g/mol. The van der Waals surface area contributed by atoms with Crippen molar-refractivity contribution >= 4 is 18.4 Å². The molecule has 64 valence electrons. The Bertz CT molecular complexity index is 231. The molecule has 1 aliphatic heterocycles. The summed E-state index contributed by atoms with van der Waals surface area (Å²) < 4.78 is 12.7. The van der Waals surface area contributed by atoms with Crippen LogP contribution in [0.1, 0.15) is 13.8 Å². The lowest BCUT2D eigenvalue weighted by Crippen LogP contribution is -2.07. The van der Waals surface area contributed by atoms with Gasteiger partial charge in [-0.15, -0.1) is 0 Å². The van der Waals surface area contributed by atoms with E-state index < -0.39 is 6.64 Å². The highest BCUT2D eigenvalue weighted by molar-refractivity contribution is 8.08. The van der Waals surface area contributed by atoms with Gasteiger partial charge in [-0.05, 0) is 27.9 Å². The van der Waals surface area contributed by atoms with Crippen molar-refractivity contribution in [1.29, 1.82) is 0 Å². The van der Waals surface area contributed by atoms with Crippen LogP contribution in [0.15, 0.2) is 11.5 Å². The van der Waals surface area contributed by atoms with Crippen molar-refractivity contribution in [2.45, 2.75) is 13.8 Å². The highest BCUT2D eigenvalue weighted by atomic mass is 32.5. The van der Waals surface area contributed by atoms with E-state index in [4.69, 9.17) is 20.9 Å². The molecule has 1 rings (SSSR count). The molecule has 0 saturated carbocycles. The summed E-state index contributed by atoms with van der Waals surface area (Å²) in [7, 11) is 3.74. The van der Waals surface area contributed by atoms with Gasteiger partial charge < -0.3 is 9.05 Å². The molecule has 1 heterocycles. The molecule has 0 saturated heterocycles. The van der Waals surface area contributed by atoms with Gasteiger partial charge in [0.15, 0.2) is 0 Å². The number of hydrogen-bond donors (Lipinski definition) is 0. The van der Waals surface area contributed by atoms with E-state index >= 15 is 0 Å². The number of rotatable bonds is 1. The zero-order valence-electron chi connectivity index (χ0n) is 7.12. The summed E-state index contributed by atoms with van der Waals surface area (Å²) in [5, 5.41) is 0. The Morgan fingerprint density at radius 1 is 1.18 bits per heavy atom. The van der Waals surface area contributed by atoms with E-state index in [1.165, 1.54) is 0 Å².